The van der Waals surface area contributed by atoms with Gasteiger partial charge in [0, 0.05) is 0 Å². The lowest BCUT2D eigenvalue weighted by Crippen LogP contribution is -2.47. The predicted molar refractivity (Wildman–Crippen MR) is 78.9 cm³/mol. The van der Waals surface area contributed by atoms with E-state index in [2.05, 4.69) is 5.32 Å². The lowest BCUT2D eigenvalue weighted by Gasteiger charge is -2.18. The highest BCUT2D eigenvalue weighted by atomic mass is 16.5. The summed E-state index contributed by atoms with van der Waals surface area (Å²) in [5.74, 6) is -0.645. The van der Waals surface area contributed by atoms with Crippen LogP contribution in [0.4, 0.5) is 4.79 Å². The van der Waals surface area contributed by atoms with Gasteiger partial charge >= 0.3 is 6.09 Å². The van der Waals surface area contributed by atoms with E-state index in [9.17, 15) is 9.59 Å². The second-order valence-corrected chi connectivity index (χ2v) is 4.33. The molecular weight excluding hydrogens is 256 g/mol. The van der Waals surface area contributed by atoms with Gasteiger partial charge in [-0.25, -0.2) is 4.79 Å². The fraction of sp³-hybridized carbons (Fsp3) is 0.467. The maximum Gasteiger partial charge on any atom is 0.408 e. The number of alkyl carbamates (subject to hydrolysis) is 1. The Balaban J connectivity index is 0.00000172. The number of hydrogen-bond donors (Lipinski definition) is 2. The van der Waals surface area contributed by atoms with Crippen molar-refractivity contribution in [3.8, 4) is 0 Å². The molecule has 1 atom stereocenters. The van der Waals surface area contributed by atoms with Gasteiger partial charge in [0.15, 0.2) is 0 Å². The van der Waals surface area contributed by atoms with Crippen molar-refractivity contribution in [2.24, 2.45) is 11.7 Å². The Morgan fingerprint density at radius 1 is 1.20 bits per heavy atom. The Bertz CT molecular complexity index is 405. The number of benzene rings is 1. The van der Waals surface area contributed by atoms with Gasteiger partial charge in [0.05, 0.1) is 0 Å². The molecule has 0 radical (unpaired) electrons. The molecule has 0 aliphatic heterocycles. The van der Waals surface area contributed by atoms with Crippen molar-refractivity contribution >= 4 is 12.0 Å². The Morgan fingerprint density at radius 3 is 2.20 bits per heavy atom. The summed E-state index contributed by atoms with van der Waals surface area (Å²) in [6.07, 6.45) is -0.642. The summed E-state index contributed by atoms with van der Waals surface area (Å²) in [6.45, 7) is 7.76. The molecule has 2 amide bonds. The van der Waals surface area contributed by atoms with Crippen molar-refractivity contribution < 1.29 is 14.3 Å². The SMILES string of the molecule is CC.CC(C)C(NC(=O)OCc1ccccc1)C(N)=O. The second-order valence-electron chi connectivity index (χ2n) is 4.33. The minimum absolute atomic E-state index is 0.0771. The summed E-state index contributed by atoms with van der Waals surface area (Å²) >= 11 is 0. The zero-order chi connectivity index (χ0) is 15.5. The van der Waals surface area contributed by atoms with E-state index in [0.29, 0.717) is 0 Å². The maximum atomic E-state index is 11.5. The van der Waals surface area contributed by atoms with Crippen LogP contribution in [0.3, 0.4) is 0 Å². The van der Waals surface area contributed by atoms with Crippen LogP contribution >= 0.6 is 0 Å². The van der Waals surface area contributed by atoms with Crippen molar-refractivity contribution in [3.05, 3.63) is 35.9 Å². The Labute approximate surface area is 120 Å². The second kappa shape index (κ2) is 9.83. The van der Waals surface area contributed by atoms with Gasteiger partial charge < -0.3 is 15.8 Å². The van der Waals surface area contributed by atoms with Gasteiger partial charge in [-0.1, -0.05) is 58.0 Å². The van der Waals surface area contributed by atoms with E-state index in [1.54, 1.807) is 13.8 Å². The molecule has 0 saturated heterocycles. The van der Waals surface area contributed by atoms with Gasteiger partial charge in [-0.05, 0) is 11.5 Å². The summed E-state index contributed by atoms with van der Waals surface area (Å²) < 4.78 is 5.00. The largest absolute Gasteiger partial charge is 0.445 e. The van der Waals surface area contributed by atoms with Gasteiger partial charge in [0.1, 0.15) is 12.6 Å². The minimum atomic E-state index is -0.715. The lowest BCUT2D eigenvalue weighted by molar-refractivity contribution is -0.120. The third-order valence-corrected chi connectivity index (χ3v) is 2.46. The summed E-state index contributed by atoms with van der Waals surface area (Å²) in [6, 6.07) is 8.58. The van der Waals surface area contributed by atoms with E-state index in [0.717, 1.165) is 5.56 Å². The molecule has 0 bridgehead atoms. The summed E-state index contributed by atoms with van der Waals surface area (Å²) in [4.78, 5) is 22.6. The lowest BCUT2D eigenvalue weighted by atomic mass is 10.0. The van der Waals surface area contributed by atoms with Crippen LogP contribution in [0.2, 0.25) is 0 Å². The maximum absolute atomic E-state index is 11.5. The average Bonchev–Trinajstić information content (AvgIpc) is 2.45. The third kappa shape index (κ3) is 6.78. The van der Waals surface area contributed by atoms with Crippen molar-refractivity contribution in [2.75, 3.05) is 0 Å². The number of carbonyl (C=O) groups excluding carboxylic acids is 2. The summed E-state index contributed by atoms with van der Waals surface area (Å²) in [5.41, 5.74) is 6.07. The smallest absolute Gasteiger partial charge is 0.408 e. The molecule has 1 aromatic rings. The third-order valence-electron chi connectivity index (χ3n) is 2.46. The quantitative estimate of drug-likeness (QED) is 0.869. The molecule has 0 aromatic heterocycles. The minimum Gasteiger partial charge on any atom is -0.445 e. The monoisotopic (exact) mass is 280 g/mol. The first-order chi connectivity index (χ1) is 9.50. The van der Waals surface area contributed by atoms with Crippen molar-refractivity contribution in [1.82, 2.24) is 5.32 Å². The van der Waals surface area contributed by atoms with Crippen LogP contribution in [0, 0.1) is 5.92 Å². The molecule has 0 spiro atoms. The van der Waals surface area contributed by atoms with E-state index < -0.39 is 18.0 Å². The number of primary amides is 1. The average molecular weight is 280 g/mol. The van der Waals surface area contributed by atoms with Gasteiger partial charge in [-0.3, -0.25) is 4.79 Å². The van der Waals surface area contributed by atoms with E-state index >= 15 is 0 Å². The van der Waals surface area contributed by atoms with Crippen LogP contribution in [0.1, 0.15) is 33.3 Å². The van der Waals surface area contributed by atoms with E-state index in [4.69, 9.17) is 10.5 Å². The Hall–Kier alpha value is -2.04. The van der Waals surface area contributed by atoms with Crippen molar-refractivity contribution in [2.45, 2.75) is 40.3 Å². The fourth-order valence-electron chi connectivity index (χ4n) is 1.46. The van der Waals surface area contributed by atoms with Crippen LogP contribution in [0.15, 0.2) is 30.3 Å². The number of rotatable bonds is 5. The molecule has 1 rings (SSSR count). The fourth-order valence-corrected chi connectivity index (χ4v) is 1.46. The molecule has 112 valence electrons. The first kappa shape index (κ1) is 18.0. The van der Waals surface area contributed by atoms with Crippen LogP contribution in [-0.2, 0) is 16.1 Å². The molecule has 1 aromatic carbocycles. The topological polar surface area (TPSA) is 81.4 Å². The number of carbonyl (C=O) groups is 2. The standard InChI is InChI=1S/C13H18N2O3.C2H6/c1-9(2)11(12(14)16)15-13(17)18-8-10-6-4-3-5-7-10;1-2/h3-7,9,11H,8H2,1-2H3,(H2,14,16)(H,15,17);1-2H3. The van der Waals surface area contributed by atoms with Gasteiger partial charge in [-0.2, -0.15) is 0 Å². The highest BCUT2D eigenvalue weighted by Gasteiger charge is 2.22. The molecule has 0 heterocycles. The van der Waals surface area contributed by atoms with Crippen molar-refractivity contribution in [3.63, 3.8) is 0 Å². The molecule has 1 unspecified atom stereocenters. The highest BCUT2D eigenvalue weighted by molar-refractivity contribution is 5.84. The number of nitrogens with two attached hydrogens (primary N) is 1. The van der Waals surface area contributed by atoms with Gasteiger partial charge in [0.2, 0.25) is 5.91 Å². The van der Waals surface area contributed by atoms with Gasteiger partial charge in [-0.15, -0.1) is 0 Å². The van der Waals surface area contributed by atoms with Crippen LogP contribution in [0.5, 0.6) is 0 Å². The number of nitrogens with one attached hydrogen (secondary N) is 1. The molecule has 0 aliphatic carbocycles. The normalized spacial score (nSPS) is 11.1. The Morgan fingerprint density at radius 2 is 1.75 bits per heavy atom. The van der Waals surface area contributed by atoms with E-state index in [1.165, 1.54) is 0 Å². The van der Waals surface area contributed by atoms with Crippen molar-refractivity contribution in [1.29, 1.82) is 0 Å². The van der Waals surface area contributed by atoms with E-state index in [1.807, 2.05) is 44.2 Å². The first-order valence-electron chi connectivity index (χ1n) is 6.77. The predicted octanol–water partition coefficient (Wildman–Crippen LogP) is 2.45. The molecule has 0 saturated carbocycles. The van der Waals surface area contributed by atoms with E-state index in [-0.39, 0.29) is 12.5 Å². The summed E-state index contributed by atoms with van der Waals surface area (Å²) in [7, 11) is 0. The highest BCUT2D eigenvalue weighted by Crippen LogP contribution is 2.03. The molecule has 3 N–H and O–H groups in total. The van der Waals surface area contributed by atoms with Crippen LogP contribution in [0.25, 0.3) is 0 Å². The number of ether oxygens (including phenoxy) is 1. The molecule has 5 nitrogen and oxygen atoms in total. The van der Waals surface area contributed by atoms with Gasteiger partial charge in [0.25, 0.3) is 0 Å². The molecule has 0 aliphatic rings. The molecule has 0 fully saturated rings. The number of amides is 2. The van der Waals surface area contributed by atoms with Crippen LogP contribution in [-0.4, -0.2) is 18.0 Å². The summed E-state index contributed by atoms with van der Waals surface area (Å²) in [5, 5.41) is 2.45. The molecule has 20 heavy (non-hydrogen) atoms. The molecular formula is C15H24N2O3. The first-order valence-corrected chi connectivity index (χ1v) is 6.77. The van der Waals surface area contributed by atoms with Crippen LogP contribution < -0.4 is 11.1 Å². The Kier molecular flexibility index (Phi) is 8.83. The molecule has 5 heteroatoms. The number of hydrogen-bond acceptors (Lipinski definition) is 3. The zero-order valence-corrected chi connectivity index (χ0v) is 12.6. The zero-order valence-electron chi connectivity index (χ0n) is 12.6.